The zero-order valence-electron chi connectivity index (χ0n) is 16.1. The van der Waals surface area contributed by atoms with E-state index in [-0.39, 0.29) is 10.6 Å². The van der Waals surface area contributed by atoms with Gasteiger partial charge in [0.15, 0.2) is 0 Å². The van der Waals surface area contributed by atoms with Crippen LogP contribution in [0.1, 0.15) is 19.8 Å². The van der Waals surface area contributed by atoms with Crippen LogP contribution in [0.3, 0.4) is 0 Å². The van der Waals surface area contributed by atoms with Gasteiger partial charge in [-0.3, -0.25) is 10.1 Å². The van der Waals surface area contributed by atoms with Crippen LogP contribution >= 0.6 is 0 Å². The Hall–Kier alpha value is -3.34. The number of benzene rings is 3. The van der Waals surface area contributed by atoms with Gasteiger partial charge in [0.25, 0.3) is 5.69 Å². The number of unbranched alkanes of at least 4 members (excludes halogenated alkanes) is 1. The third kappa shape index (κ3) is 4.14. The lowest BCUT2D eigenvalue weighted by Crippen LogP contribution is -2.01. The zero-order chi connectivity index (χ0) is 19.9. The van der Waals surface area contributed by atoms with Gasteiger partial charge in [-0.05, 0) is 36.2 Å². The van der Waals surface area contributed by atoms with Crippen LogP contribution in [0, 0.1) is 10.1 Å². The number of nitro benzene ring substituents is 1. The molecule has 0 unspecified atom stereocenters. The second-order valence-electron chi connectivity index (χ2n) is 6.39. The first-order valence-corrected chi connectivity index (χ1v) is 9.29. The van der Waals surface area contributed by atoms with Gasteiger partial charge in [-0.25, -0.2) is 0 Å². The average molecular weight is 377 g/mol. The molecule has 3 rings (SSSR count). The van der Waals surface area contributed by atoms with Crippen LogP contribution in [0.2, 0.25) is 0 Å². The molecule has 0 aliphatic carbocycles. The Morgan fingerprint density at radius 3 is 2.36 bits per heavy atom. The van der Waals surface area contributed by atoms with E-state index < -0.39 is 0 Å². The summed E-state index contributed by atoms with van der Waals surface area (Å²) in [5.41, 5.74) is 2.66. The molecule has 3 aromatic carbocycles. The number of methoxy groups -OCH3 is 1. The van der Waals surface area contributed by atoms with E-state index in [4.69, 9.17) is 9.47 Å². The van der Waals surface area contributed by atoms with E-state index in [1.807, 2.05) is 42.5 Å². The van der Waals surface area contributed by atoms with Gasteiger partial charge < -0.3 is 9.47 Å². The highest BCUT2D eigenvalue weighted by Crippen LogP contribution is 2.42. The van der Waals surface area contributed by atoms with Gasteiger partial charge in [-0.1, -0.05) is 49.7 Å². The summed E-state index contributed by atoms with van der Waals surface area (Å²) in [5.74, 6) is 1.23. The molecule has 0 saturated heterocycles. The normalized spacial score (nSPS) is 10.5. The minimum Gasteiger partial charge on any atom is -0.497 e. The fourth-order valence-corrected chi connectivity index (χ4v) is 3.11. The van der Waals surface area contributed by atoms with E-state index in [0.29, 0.717) is 34.8 Å². The molecule has 28 heavy (non-hydrogen) atoms. The Balaban J connectivity index is 2.17. The fourth-order valence-electron chi connectivity index (χ4n) is 3.11. The Bertz CT molecular complexity index is 954. The number of ether oxygens (including phenoxy) is 2. The van der Waals surface area contributed by atoms with Gasteiger partial charge in [-0.2, -0.15) is 0 Å². The van der Waals surface area contributed by atoms with E-state index in [2.05, 4.69) is 6.92 Å². The maximum Gasteiger partial charge on any atom is 0.285 e. The molecular formula is C23H23NO4. The molecule has 0 atom stereocenters. The fraction of sp³-hybridized carbons (Fsp3) is 0.217. The van der Waals surface area contributed by atoms with Crippen LogP contribution in [0.25, 0.3) is 22.3 Å². The molecule has 0 amide bonds. The summed E-state index contributed by atoms with van der Waals surface area (Å²) in [4.78, 5) is 11.7. The first-order valence-electron chi connectivity index (χ1n) is 9.29. The molecule has 0 saturated carbocycles. The maximum absolute atomic E-state index is 12.0. The van der Waals surface area contributed by atoms with Crippen LogP contribution in [-0.4, -0.2) is 18.6 Å². The highest BCUT2D eigenvalue weighted by atomic mass is 16.6. The van der Waals surface area contributed by atoms with Crippen molar-refractivity contribution in [3.63, 3.8) is 0 Å². The van der Waals surface area contributed by atoms with Crippen molar-refractivity contribution < 1.29 is 14.4 Å². The molecule has 5 nitrogen and oxygen atoms in total. The van der Waals surface area contributed by atoms with Gasteiger partial charge in [0, 0.05) is 11.6 Å². The maximum atomic E-state index is 12.0. The van der Waals surface area contributed by atoms with Crippen LogP contribution in [0.4, 0.5) is 5.69 Å². The molecule has 0 radical (unpaired) electrons. The van der Waals surface area contributed by atoms with Gasteiger partial charge in [0.05, 0.1) is 29.8 Å². The second-order valence-corrected chi connectivity index (χ2v) is 6.39. The van der Waals surface area contributed by atoms with E-state index >= 15 is 0 Å². The van der Waals surface area contributed by atoms with Crippen LogP contribution < -0.4 is 9.47 Å². The molecule has 0 N–H and O–H groups in total. The largest absolute Gasteiger partial charge is 0.497 e. The average Bonchev–Trinajstić information content (AvgIpc) is 2.74. The van der Waals surface area contributed by atoms with Gasteiger partial charge in [0.2, 0.25) is 0 Å². The van der Waals surface area contributed by atoms with Crippen molar-refractivity contribution >= 4 is 5.69 Å². The Morgan fingerprint density at radius 2 is 1.68 bits per heavy atom. The van der Waals surface area contributed by atoms with Crippen LogP contribution in [-0.2, 0) is 0 Å². The molecule has 0 aliphatic rings. The lowest BCUT2D eigenvalue weighted by atomic mass is 9.95. The number of hydrogen-bond donors (Lipinski definition) is 0. The third-order valence-electron chi connectivity index (χ3n) is 4.54. The van der Waals surface area contributed by atoms with Gasteiger partial charge >= 0.3 is 0 Å². The summed E-state index contributed by atoms with van der Waals surface area (Å²) in [7, 11) is 1.59. The molecule has 0 heterocycles. The molecule has 0 spiro atoms. The summed E-state index contributed by atoms with van der Waals surface area (Å²) in [6, 6.07) is 20.2. The third-order valence-corrected chi connectivity index (χ3v) is 4.54. The number of nitro groups is 1. The molecule has 5 heteroatoms. The van der Waals surface area contributed by atoms with Gasteiger partial charge in [0.1, 0.15) is 11.5 Å². The van der Waals surface area contributed by atoms with Crippen molar-refractivity contribution in [2.45, 2.75) is 19.8 Å². The molecule has 144 valence electrons. The van der Waals surface area contributed by atoms with Crippen molar-refractivity contribution in [3.8, 4) is 33.8 Å². The molecule has 0 aliphatic heterocycles. The summed E-state index contributed by atoms with van der Waals surface area (Å²) >= 11 is 0. The smallest absolute Gasteiger partial charge is 0.285 e. The van der Waals surface area contributed by atoms with E-state index in [9.17, 15) is 10.1 Å². The quantitative estimate of drug-likeness (QED) is 0.270. The number of rotatable bonds is 8. The molecule has 0 aromatic heterocycles. The topological polar surface area (TPSA) is 61.6 Å². The summed E-state index contributed by atoms with van der Waals surface area (Å²) in [6.07, 6.45) is 1.91. The van der Waals surface area contributed by atoms with E-state index in [1.54, 1.807) is 31.4 Å². The Labute approximate surface area is 164 Å². The first-order chi connectivity index (χ1) is 13.7. The van der Waals surface area contributed by atoms with Crippen molar-refractivity contribution in [1.29, 1.82) is 0 Å². The summed E-state index contributed by atoms with van der Waals surface area (Å²) in [6.45, 7) is 2.63. The lowest BCUT2D eigenvalue weighted by molar-refractivity contribution is -0.383. The first kappa shape index (κ1) is 19.4. The molecular weight excluding hydrogens is 354 g/mol. The minimum atomic E-state index is -0.322. The van der Waals surface area contributed by atoms with Crippen molar-refractivity contribution in [3.05, 3.63) is 76.8 Å². The highest BCUT2D eigenvalue weighted by Gasteiger charge is 2.24. The van der Waals surface area contributed by atoms with Crippen LogP contribution in [0.15, 0.2) is 66.7 Å². The molecule has 3 aromatic rings. The predicted molar refractivity (Wildman–Crippen MR) is 111 cm³/mol. The van der Waals surface area contributed by atoms with Crippen molar-refractivity contribution in [2.24, 2.45) is 0 Å². The monoisotopic (exact) mass is 377 g/mol. The van der Waals surface area contributed by atoms with Crippen molar-refractivity contribution in [2.75, 3.05) is 13.7 Å². The second kappa shape index (κ2) is 9.04. The van der Waals surface area contributed by atoms with E-state index in [1.165, 1.54) is 0 Å². The summed E-state index contributed by atoms with van der Waals surface area (Å²) in [5, 5.41) is 12.0. The lowest BCUT2D eigenvalue weighted by Gasteiger charge is -2.14. The summed E-state index contributed by atoms with van der Waals surface area (Å²) < 4.78 is 11.3. The predicted octanol–water partition coefficient (Wildman–Crippen LogP) is 6.12. The van der Waals surface area contributed by atoms with Crippen molar-refractivity contribution in [1.82, 2.24) is 0 Å². The number of para-hydroxylation sites is 1. The highest BCUT2D eigenvalue weighted by molar-refractivity contribution is 5.88. The SMILES string of the molecule is CCCCOc1cc(OC)ccc1-c1cccc(-c2ccccc2)c1[N+](=O)[O-]. The van der Waals surface area contributed by atoms with Crippen LogP contribution in [0.5, 0.6) is 11.5 Å². The van der Waals surface area contributed by atoms with E-state index in [0.717, 1.165) is 18.4 Å². The molecule has 0 bridgehead atoms. The number of nitrogens with zero attached hydrogens (tertiary/aromatic N) is 1. The molecule has 0 fully saturated rings. The minimum absolute atomic E-state index is 0.0687. The Kier molecular flexibility index (Phi) is 6.27. The standard InChI is InChI=1S/C23H23NO4/c1-3-4-15-28-22-16-18(27-2)13-14-20(22)21-12-8-11-19(23(21)24(25)26)17-9-6-5-7-10-17/h5-14,16H,3-4,15H2,1-2H3. The Morgan fingerprint density at radius 1 is 0.929 bits per heavy atom. The number of hydrogen-bond acceptors (Lipinski definition) is 4. The van der Waals surface area contributed by atoms with Gasteiger partial charge in [-0.15, -0.1) is 0 Å². The zero-order valence-corrected chi connectivity index (χ0v) is 16.1.